The molecule has 0 aliphatic heterocycles. The summed E-state index contributed by atoms with van der Waals surface area (Å²) in [6.07, 6.45) is 1.91. The number of hydrogen-bond acceptors (Lipinski definition) is 3. The molecule has 54 valence electrons. The van der Waals surface area contributed by atoms with E-state index in [9.17, 15) is 0 Å². The lowest BCUT2D eigenvalue weighted by atomic mass is 10.3. The molecule has 1 aromatic carbocycles. The predicted molar refractivity (Wildman–Crippen MR) is 41.6 cm³/mol. The van der Waals surface area contributed by atoms with Crippen molar-refractivity contribution in [1.82, 2.24) is 0 Å². The van der Waals surface area contributed by atoms with Crippen LogP contribution in [0, 0.1) is 0 Å². The van der Waals surface area contributed by atoms with Crippen LogP contribution in [-0.4, -0.2) is 16.5 Å². The summed E-state index contributed by atoms with van der Waals surface area (Å²) in [5, 5.41) is 17.8. The Morgan fingerprint density at radius 2 is 1.90 bits per heavy atom. The van der Waals surface area contributed by atoms with Crippen LogP contribution >= 0.6 is 11.8 Å². The van der Waals surface area contributed by atoms with Gasteiger partial charge in [0.1, 0.15) is 0 Å². The molecule has 0 aliphatic carbocycles. The van der Waals surface area contributed by atoms with Crippen LogP contribution in [-0.2, 0) is 0 Å². The standard InChI is InChI=1S/C7H8O2S/c1-10-5-2-3-6(8)7(9)4-5/h2-4,8-9H,1H3. The van der Waals surface area contributed by atoms with Crippen LogP contribution in [0.15, 0.2) is 23.1 Å². The first kappa shape index (κ1) is 7.28. The number of benzene rings is 1. The Hall–Kier alpha value is -0.830. The lowest BCUT2D eigenvalue weighted by Crippen LogP contribution is -1.70. The van der Waals surface area contributed by atoms with Gasteiger partial charge < -0.3 is 10.2 Å². The molecule has 0 amide bonds. The summed E-state index contributed by atoms with van der Waals surface area (Å²) >= 11 is 1.52. The number of phenolic OH excluding ortho intramolecular Hbond substituents is 2. The van der Waals surface area contributed by atoms with Crippen molar-refractivity contribution in [3.05, 3.63) is 18.2 Å². The van der Waals surface area contributed by atoms with Crippen LogP contribution in [0.2, 0.25) is 0 Å². The van der Waals surface area contributed by atoms with Crippen LogP contribution in [0.5, 0.6) is 11.5 Å². The Labute approximate surface area is 63.5 Å². The number of thioether (sulfide) groups is 1. The van der Waals surface area contributed by atoms with Gasteiger partial charge in [-0.2, -0.15) is 0 Å². The highest BCUT2D eigenvalue weighted by molar-refractivity contribution is 7.98. The molecule has 0 saturated heterocycles. The first-order valence-electron chi connectivity index (χ1n) is 2.80. The van der Waals surface area contributed by atoms with E-state index < -0.39 is 0 Å². The summed E-state index contributed by atoms with van der Waals surface area (Å²) in [4.78, 5) is 0.940. The van der Waals surface area contributed by atoms with E-state index in [4.69, 9.17) is 10.2 Å². The minimum absolute atomic E-state index is 0.0631. The van der Waals surface area contributed by atoms with E-state index in [-0.39, 0.29) is 11.5 Å². The Morgan fingerprint density at radius 3 is 2.40 bits per heavy atom. The van der Waals surface area contributed by atoms with Crippen molar-refractivity contribution in [3.63, 3.8) is 0 Å². The summed E-state index contributed by atoms with van der Waals surface area (Å²) in [5.74, 6) is -0.135. The second kappa shape index (κ2) is 2.84. The Bertz CT molecular complexity index is 235. The van der Waals surface area contributed by atoms with Crippen molar-refractivity contribution in [2.45, 2.75) is 4.90 Å². The van der Waals surface area contributed by atoms with Crippen LogP contribution in [0.4, 0.5) is 0 Å². The molecular formula is C7H8O2S. The Morgan fingerprint density at radius 1 is 1.20 bits per heavy atom. The van der Waals surface area contributed by atoms with Gasteiger partial charge >= 0.3 is 0 Å². The van der Waals surface area contributed by atoms with Crippen LogP contribution in [0.3, 0.4) is 0 Å². The van der Waals surface area contributed by atoms with Crippen molar-refractivity contribution in [2.75, 3.05) is 6.26 Å². The molecule has 1 rings (SSSR count). The normalized spacial score (nSPS) is 9.70. The average Bonchev–Trinajstić information content (AvgIpc) is 1.95. The number of phenols is 2. The predicted octanol–water partition coefficient (Wildman–Crippen LogP) is 1.82. The van der Waals surface area contributed by atoms with Crippen LogP contribution < -0.4 is 0 Å². The number of hydrogen-bond donors (Lipinski definition) is 2. The molecule has 0 atom stereocenters. The van der Waals surface area contributed by atoms with E-state index in [1.807, 2.05) is 6.26 Å². The van der Waals surface area contributed by atoms with Crippen molar-refractivity contribution in [1.29, 1.82) is 0 Å². The molecule has 2 N–H and O–H groups in total. The maximum Gasteiger partial charge on any atom is 0.158 e. The first-order valence-corrected chi connectivity index (χ1v) is 4.02. The molecule has 0 spiro atoms. The van der Waals surface area contributed by atoms with E-state index >= 15 is 0 Å². The van der Waals surface area contributed by atoms with Gasteiger partial charge in [0.2, 0.25) is 0 Å². The fourth-order valence-corrected chi connectivity index (χ4v) is 1.06. The fraction of sp³-hybridized carbons (Fsp3) is 0.143. The zero-order valence-electron chi connectivity index (χ0n) is 5.53. The van der Waals surface area contributed by atoms with Crippen LogP contribution in [0.1, 0.15) is 0 Å². The van der Waals surface area contributed by atoms with Gasteiger partial charge in [0, 0.05) is 4.90 Å². The van der Waals surface area contributed by atoms with Gasteiger partial charge in [0.25, 0.3) is 0 Å². The van der Waals surface area contributed by atoms with Gasteiger partial charge in [-0.1, -0.05) is 0 Å². The van der Waals surface area contributed by atoms with Gasteiger partial charge in [0.15, 0.2) is 11.5 Å². The molecule has 0 bridgehead atoms. The molecule has 10 heavy (non-hydrogen) atoms. The van der Waals surface area contributed by atoms with Gasteiger partial charge in [-0.25, -0.2) is 0 Å². The molecule has 0 radical (unpaired) electrons. The third kappa shape index (κ3) is 1.36. The molecule has 0 aliphatic rings. The average molecular weight is 156 g/mol. The van der Waals surface area contributed by atoms with Crippen LogP contribution in [0.25, 0.3) is 0 Å². The quantitative estimate of drug-likeness (QED) is 0.481. The smallest absolute Gasteiger partial charge is 0.158 e. The number of aromatic hydroxyl groups is 2. The van der Waals surface area contributed by atoms with Gasteiger partial charge in [-0.05, 0) is 24.5 Å². The van der Waals surface area contributed by atoms with Crippen molar-refractivity contribution >= 4 is 11.8 Å². The molecule has 0 unspecified atom stereocenters. The van der Waals surface area contributed by atoms with Gasteiger partial charge in [0.05, 0.1) is 0 Å². The summed E-state index contributed by atoms with van der Waals surface area (Å²) in [5.41, 5.74) is 0. The highest BCUT2D eigenvalue weighted by Crippen LogP contribution is 2.28. The van der Waals surface area contributed by atoms with E-state index in [2.05, 4.69) is 0 Å². The summed E-state index contributed by atoms with van der Waals surface area (Å²) < 4.78 is 0. The molecule has 3 heteroatoms. The second-order valence-electron chi connectivity index (χ2n) is 1.85. The Kier molecular flexibility index (Phi) is 2.06. The topological polar surface area (TPSA) is 40.5 Å². The number of rotatable bonds is 1. The molecule has 0 saturated carbocycles. The highest BCUT2D eigenvalue weighted by Gasteiger charge is 1.97. The van der Waals surface area contributed by atoms with Gasteiger partial charge in [-0.3, -0.25) is 0 Å². The molecule has 0 fully saturated rings. The van der Waals surface area contributed by atoms with E-state index in [0.717, 1.165) is 4.90 Å². The highest BCUT2D eigenvalue weighted by atomic mass is 32.2. The lowest BCUT2D eigenvalue weighted by molar-refractivity contribution is 0.402. The molecular weight excluding hydrogens is 148 g/mol. The molecule has 2 nitrogen and oxygen atoms in total. The molecule has 0 heterocycles. The van der Waals surface area contributed by atoms with Crippen molar-refractivity contribution < 1.29 is 10.2 Å². The summed E-state index contributed by atoms with van der Waals surface area (Å²) in [6.45, 7) is 0. The summed E-state index contributed by atoms with van der Waals surface area (Å²) in [6, 6.07) is 4.75. The molecule has 1 aromatic rings. The van der Waals surface area contributed by atoms with E-state index in [1.54, 1.807) is 6.07 Å². The van der Waals surface area contributed by atoms with Gasteiger partial charge in [-0.15, -0.1) is 11.8 Å². The minimum atomic E-state index is -0.0715. The zero-order chi connectivity index (χ0) is 7.56. The van der Waals surface area contributed by atoms with Crippen molar-refractivity contribution in [3.8, 4) is 11.5 Å². The summed E-state index contributed by atoms with van der Waals surface area (Å²) in [7, 11) is 0. The van der Waals surface area contributed by atoms with Crippen molar-refractivity contribution in [2.24, 2.45) is 0 Å². The monoisotopic (exact) mass is 156 g/mol. The fourth-order valence-electron chi connectivity index (χ4n) is 0.630. The van der Waals surface area contributed by atoms with E-state index in [1.165, 1.54) is 23.9 Å². The third-order valence-electron chi connectivity index (χ3n) is 1.18. The largest absolute Gasteiger partial charge is 0.504 e. The zero-order valence-corrected chi connectivity index (χ0v) is 6.35. The maximum absolute atomic E-state index is 8.97. The first-order chi connectivity index (χ1) is 4.74. The third-order valence-corrected chi connectivity index (χ3v) is 1.91. The van der Waals surface area contributed by atoms with E-state index in [0.29, 0.717) is 0 Å². The SMILES string of the molecule is CSc1ccc(O)c(O)c1. The maximum atomic E-state index is 8.97. The minimum Gasteiger partial charge on any atom is -0.504 e. The Balaban J connectivity index is 3.04. The second-order valence-corrected chi connectivity index (χ2v) is 2.73. The molecule has 0 aromatic heterocycles. The lowest BCUT2D eigenvalue weighted by Gasteiger charge is -1.98.